The maximum absolute atomic E-state index is 5.94. The van der Waals surface area contributed by atoms with Crippen molar-refractivity contribution >= 4 is 5.69 Å². The summed E-state index contributed by atoms with van der Waals surface area (Å²) in [6.45, 7) is 4.86. The summed E-state index contributed by atoms with van der Waals surface area (Å²) in [6.07, 6.45) is 2.27. The molecule has 1 aromatic rings. The molecule has 2 N–H and O–H groups in total. The summed E-state index contributed by atoms with van der Waals surface area (Å²) in [5.74, 6) is 0. The zero-order valence-corrected chi connectivity index (χ0v) is 10.8. The first-order valence-electron chi connectivity index (χ1n) is 6.30. The van der Waals surface area contributed by atoms with E-state index in [0.29, 0.717) is 6.04 Å². The fourth-order valence-corrected chi connectivity index (χ4v) is 2.40. The number of nitrogen functional groups attached to an aromatic ring is 1. The molecule has 1 aliphatic rings. The molecule has 0 amide bonds. The van der Waals surface area contributed by atoms with Crippen LogP contribution in [-0.2, 0) is 11.3 Å². The zero-order valence-electron chi connectivity index (χ0n) is 10.8. The minimum absolute atomic E-state index is 0.643. The fraction of sp³-hybridized carbons (Fsp3) is 0.571. The quantitative estimate of drug-likeness (QED) is 0.815. The van der Waals surface area contributed by atoms with Gasteiger partial charge < -0.3 is 10.5 Å². The first kappa shape index (κ1) is 12.4. The van der Waals surface area contributed by atoms with Gasteiger partial charge in [-0.15, -0.1) is 0 Å². The minimum atomic E-state index is 0.643. The molecule has 0 unspecified atom stereocenters. The Kier molecular flexibility index (Phi) is 4.02. The van der Waals surface area contributed by atoms with E-state index in [9.17, 15) is 0 Å². The van der Waals surface area contributed by atoms with E-state index in [1.807, 2.05) is 12.1 Å². The van der Waals surface area contributed by atoms with Gasteiger partial charge in [0.2, 0.25) is 0 Å². The van der Waals surface area contributed by atoms with Gasteiger partial charge in [0, 0.05) is 31.5 Å². The molecule has 0 radical (unpaired) electrons. The van der Waals surface area contributed by atoms with Crippen LogP contribution in [0.4, 0.5) is 5.69 Å². The van der Waals surface area contributed by atoms with E-state index in [1.54, 1.807) is 0 Å². The van der Waals surface area contributed by atoms with Crippen LogP contribution < -0.4 is 5.73 Å². The molecule has 0 spiro atoms. The van der Waals surface area contributed by atoms with Gasteiger partial charge in [-0.2, -0.15) is 0 Å². The number of ether oxygens (including phenoxy) is 1. The lowest BCUT2D eigenvalue weighted by atomic mass is 10.0. The molecule has 1 fully saturated rings. The first-order valence-corrected chi connectivity index (χ1v) is 6.30. The van der Waals surface area contributed by atoms with Gasteiger partial charge in [-0.1, -0.05) is 12.1 Å². The van der Waals surface area contributed by atoms with Crippen LogP contribution in [0.5, 0.6) is 0 Å². The molecule has 0 bridgehead atoms. The third-order valence-corrected chi connectivity index (χ3v) is 3.72. The standard InChI is InChI=1S/C14H22N2O/c1-11-12(4-3-5-14(11)15)10-16(2)13-6-8-17-9-7-13/h3-5,13H,6-10,15H2,1-2H3. The van der Waals surface area contributed by atoms with Crippen LogP contribution in [-0.4, -0.2) is 31.2 Å². The summed E-state index contributed by atoms with van der Waals surface area (Å²) in [5.41, 5.74) is 9.37. The predicted molar refractivity (Wildman–Crippen MR) is 70.9 cm³/mol. The Hall–Kier alpha value is -1.06. The van der Waals surface area contributed by atoms with E-state index in [1.165, 1.54) is 11.1 Å². The number of nitrogens with two attached hydrogens (primary N) is 1. The highest BCUT2D eigenvalue weighted by molar-refractivity contribution is 5.49. The first-order chi connectivity index (χ1) is 8.18. The lowest BCUT2D eigenvalue weighted by molar-refractivity contribution is 0.0406. The largest absolute Gasteiger partial charge is 0.399 e. The molecule has 3 nitrogen and oxygen atoms in total. The predicted octanol–water partition coefficient (Wildman–Crippen LogP) is 2.19. The van der Waals surface area contributed by atoms with Crippen LogP contribution in [0, 0.1) is 6.92 Å². The molecular weight excluding hydrogens is 212 g/mol. The van der Waals surface area contributed by atoms with Crippen molar-refractivity contribution in [1.82, 2.24) is 4.90 Å². The highest BCUT2D eigenvalue weighted by Crippen LogP contribution is 2.20. The Labute approximate surface area is 104 Å². The number of anilines is 1. The van der Waals surface area contributed by atoms with Crippen molar-refractivity contribution in [3.05, 3.63) is 29.3 Å². The van der Waals surface area contributed by atoms with Crippen molar-refractivity contribution in [2.24, 2.45) is 0 Å². The van der Waals surface area contributed by atoms with Crippen LogP contribution in [0.25, 0.3) is 0 Å². The number of hydrogen-bond acceptors (Lipinski definition) is 3. The average molecular weight is 234 g/mol. The van der Waals surface area contributed by atoms with E-state index in [-0.39, 0.29) is 0 Å². The van der Waals surface area contributed by atoms with Gasteiger partial charge in [-0.3, -0.25) is 4.90 Å². The van der Waals surface area contributed by atoms with Crippen molar-refractivity contribution in [2.75, 3.05) is 26.0 Å². The Morgan fingerprint density at radius 3 is 2.76 bits per heavy atom. The monoisotopic (exact) mass is 234 g/mol. The van der Waals surface area contributed by atoms with Gasteiger partial charge in [-0.05, 0) is 44.0 Å². The van der Waals surface area contributed by atoms with Crippen LogP contribution in [0.3, 0.4) is 0 Å². The van der Waals surface area contributed by atoms with Gasteiger partial charge in [0.05, 0.1) is 0 Å². The second-order valence-corrected chi connectivity index (χ2v) is 4.89. The lowest BCUT2D eigenvalue weighted by Crippen LogP contribution is -2.36. The molecule has 94 valence electrons. The normalized spacial score (nSPS) is 17.6. The fourth-order valence-electron chi connectivity index (χ4n) is 2.40. The molecule has 1 aliphatic heterocycles. The average Bonchev–Trinajstić information content (AvgIpc) is 2.36. The SMILES string of the molecule is Cc1c(N)cccc1CN(C)C1CCOCC1. The smallest absolute Gasteiger partial charge is 0.0480 e. The number of nitrogens with zero attached hydrogens (tertiary/aromatic N) is 1. The molecule has 1 aromatic carbocycles. The summed E-state index contributed by atoms with van der Waals surface area (Å²) in [6, 6.07) is 6.81. The van der Waals surface area contributed by atoms with Crippen molar-refractivity contribution < 1.29 is 4.74 Å². The molecule has 0 saturated carbocycles. The number of benzene rings is 1. The third-order valence-electron chi connectivity index (χ3n) is 3.72. The highest BCUT2D eigenvalue weighted by atomic mass is 16.5. The van der Waals surface area contributed by atoms with Crippen molar-refractivity contribution in [3.8, 4) is 0 Å². The molecule has 1 heterocycles. The van der Waals surface area contributed by atoms with E-state index >= 15 is 0 Å². The van der Waals surface area contributed by atoms with Gasteiger partial charge >= 0.3 is 0 Å². The van der Waals surface area contributed by atoms with E-state index < -0.39 is 0 Å². The Balaban J connectivity index is 2.01. The molecule has 17 heavy (non-hydrogen) atoms. The van der Waals surface area contributed by atoms with Gasteiger partial charge in [-0.25, -0.2) is 0 Å². The number of rotatable bonds is 3. The third kappa shape index (κ3) is 2.99. The van der Waals surface area contributed by atoms with Gasteiger partial charge in [0.25, 0.3) is 0 Å². The van der Waals surface area contributed by atoms with Crippen LogP contribution in [0.1, 0.15) is 24.0 Å². The van der Waals surface area contributed by atoms with Crippen molar-refractivity contribution in [2.45, 2.75) is 32.4 Å². The van der Waals surface area contributed by atoms with E-state index in [0.717, 1.165) is 38.3 Å². The van der Waals surface area contributed by atoms with Crippen LogP contribution in [0.15, 0.2) is 18.2 Å². The van der Waals surface area contributed by atoms with Gasteiger partial charge in [0.15, 0.2) is 0 Å². The van der Waals surface area contributed by atoms with Crippen LogP contribution in [0.2, 0.25) is 0 Å². The van der Waals surface area contributed by atoms with E-state index in [2.05, 4.69) is 24.9 Å². The second kappa shape index (κ2) is 5.52. The molecule has 0 aliphatic carbocycles. The molecule has 2 rings (SSSR count). The molecule has 3 heteroatoms. The molecular formula is C14H22N2O. The second-order valence-electron chi connectivity index (χ2n) is 4.89. The van der Waals surface area contributed by atoms with Crippen LogP contribution >= 0.6 is 0 Å². The molecule has 0 atom stereocenters. The summed E-state index contributed by atoms with van der Waals surface area (Å²) in [4.78, 5) is 2.42. The maximum atomic E-state index is 5.94. The highest BCUT2D eigenvalue weighted by Gasteiger charge is 2.18. The zero-order chi connectivity index (χ0) is 12.3. The summed E-state index contributed by atoms with van der Waals surface area (Å²) >= 11 is 0. The van der Waals surface area contributed by atoms with E-state index in [4.69, 9.17) is 10.5 Å². The maximum Gasteiger partial charge on any atom is 0.0480 e. The molecule has 1 saturated heterocycles. The Bertz CT molecular complexity index is 372. The summed E-state index contributed by atoms with van der Waals surface area (Å²) in [5, 5.41) is 0. The van der Waals surface area contributed by atoms with Gasteiger partial charge in [0.1, 0.15) is 0 Å². The summed E-state index contributed by atoms with van der Waals surface area (Å²) < 4.78 is 5.40. The molecule has 0 aromatic heterocycles. The lowest BCUT2D eigenvalue weighted by Gasteiger charge is -2.31. The van der Waals surface area contributed by atoms with Crippen molar-refractivity contribution in [1.29, 1.82) is 0 Å². The summed E-state index contributed by atoms with van der Waals surface area (Å²) in [7, 11) is 2.19. The topological polar surface area (TPSA) is 38.5 Å². The Morgan fingerprint density at radius 1 is 1.35 bits per heavy atom. The number of hydrogen-bond donors (Lipinski definition) is 1. The van der Waals surface area contributed by atoms with Crippen molar-refractivity contribution in [3.63, 3.8) is 0 Å². The minimum Gasteiger partial charge on any atom is -0.399 e. The Morgan fingerprint density at radius 2 is 2.06 bits per heavy atom.